The number of nitrogens with one attached hydrogen (secondary N) is 1. The van der Waals surface area contributed by atoms with Crippen molar-refractivity contribution in [3.8, 4) is 17.1 Å². The molecule has 39 heavy (non-hydrogen) atoms. The third-order valence-corrected chi connectivity index (χ3v) is 7.00. The number of aryl methyl sites for hydroxylation is 1. The van der Waals surface area contributed by atoms with E-state index in [1.54, 1.807) is 56.5 Å². The number of furan rings is 1. The van der Waals surface area contributed by atoms with Crippen LogP contribution in [0, 0.1) is 6.92 Å². The van der Waals surface area contributed by atoms with Gasteiger partial charge < -0.3 is 14.5 Å². The van der Waals surface area contributed by atoms with Crippen LogP contribution in [-0.2, 0) is 6.42 Å². The number of methoxy groups -OCH3 is 1. The monoisotopic (exact) mass is 540 g/mol. The minimum absolute atomic E-state index is 0.0826. The predicted octanol–water partition coefficient (Wildman–Crippen LogP) is 7.57. The number of hydrogen-bond donors (Lipinski definition) is 1. The number of ether oxygens (including phenoxy) is 1. The zero-order chi connectivity index (χ0) is 27.7. The highest BCUT2D eigenvalue weighted by Gasteiger charge is 2.28. The maximum Gasteiger partial charge on any atom is 0.259 e. The van der Waals surface area contributed by atoms with Crippen LogP contribution in [0.15, 0.2) is 82.2 Å². The molecule has 2 heterocycles. The second kappa shape index (κ2) is 10.5. The average molecular weight is 541 g/mol. The van der Waals surface area contributed by atoms with Crippen molar-refractivity contribution in [2.75, 3.05) is 12.4 Å². The standard InChI is InChI=1S/C32H29ClN2O4/c1-19-26(16-30(39-19)20-8-11-23(33)12-9-20)31(37)34-24-7-5-6-21(14-24)29(36)17-28-27-15-25(38-4)13-10-22(27)18-32(2,3)35-28/h5-16H,17-18H2,1-4H3,(H,34,37). The van der Waals surface area contributed by atoms with Gasteiger partial charge in [0.15, 0.2) is 5.78 Å². The molecule has 7 heteroatoms. The van der Waals surface area contributed by atoms with Gasteiger partial charge >= 0.3 is 0 Å². The number of aliphatic imine (C=N–C) groups is 1. The number of fused-ring (bicyclic) bond motifs is 1. The van der Waals surface area contributed by atoms with Gasteiger partial charge in [-0.15, -0.1) is 0 Å². The van der Waals surface area contributed by atoms with Gasteiger partial charge in [0.1, 0.15) is 17.3 Å². The maximum atomic E-state index is 13.4. The quantitative estimate of drug-likeness (QED) is 0.245. The Kier molecular flexibility index (Phi) is 7.15. The van der Waals surface area contributed by atoms with Gasteiger partial charge in [-0.1, -0.05) is 29.8 Å². The molecule has 1 aliphatic heterocycles. The molecule has 1 aromatic heterocycles. The SMILES string of the molecule is COc1ccc2c(c1)C(CC(=O)c1cccc(NC(=O)c3cc(-c4ccc(Cl)cc4)oc3C)c1)=NC(C)(C)C2. The second-order valence-corrected chi connectivity index (χ2v) is 10.7. The molecule has 0 bridgehead atoms. The summed E-state index contributed by atoms with van der Waals surface area (Å²) in [6.45, 7) is 5.88. The van der Waals surface area contributed by atoms with Crippen molar-refractivity contribution in [1.82, 2.24) is 0 Å². The summed E-state index contributed by atoms with van der Waals surface area (Å²) in [6, 6.07) is 21.8. The molecule has 0 spiro atoms. The molecule has 4 aromatic rings. The number of rotatable bonds is 7. The number of carbonyl (C=O) groups is 2. The van der Waals surface area contributed by atoms with E-state index < -0.39 is 0 Å². The Hall–Kier alpha value is -4.16. The molecular formula is C32H29ClN2O4. The Labute approximate surface area is 232 Å². The number of amides is 1. The van der Waals surface area contributed by atoms with E-state index in [0.717, 1.165) is 34.6 Å². The summed E-state index contributed by atoms with van der Waals surface area (Å²) in [5, 5.41) is 3.52. The number of Topliss-reactive ketones (excluding diaryl/α,β-unsaturated/α-hetero) is 1. The van der Waals surface area contributed by atoms with Gasteiger partial charge in [-0.3, -0.25) is 14.6 Å². The Morgan fingerprint density at radius 1 is 1.05 bits per heavy atom. The maximum absolute atomic E-state index is 13.4. The Bertz CT molecular complexity index is 1600. The summed E-state index contributed by atoms with van der Waals surface area (Å²) in [5.74, 6) is 1.40. The van der Waals surface area contributed by atoms with E-state index in [1.165, 1.54) is 0 Å². The molecule has 3 aromatic carbocycles. The second-order valence-electron chi connectivity index (χ2n) is 10.3. The van der Waals surface area contributed by atoms with Crippen molar-refractivity contribution in [2.24, 2.45) is 4.99 Å². The van der Waals surface area contributed by atoms with Crippen LogP contribution in [-0.4, -0.2) is 30.1 Å². The van der Waals surface area contributed by atoms with E-state index in [-0.39, 0.29) is 23.7 Å². The highest BCUT2D eigenvalue weighted by molar-refractivity contribution is 6.30. The molecule has 0 saturated carbocycles. The fraction of sp³-hybridized carbons (Fsp3) is 0.219. The number of anilines is 1. The molecule has 0 aliphatic carbocycles. The molecule has 198 valence electrons. The zero-order valence-electron chi connectivity index (χ0n) is 22.3. The molecule has 6 nitrogen and oxygen atoms in total. The van der Waals surface area contributed by atoms with E-state index >= 15 is 0 Å². The highest BCUT2D eigenvalue weighted by Crippen LogP contribution is 2.31. The summed E-state index contributed by atoms with van der Waals surface area (Å²) >= 11 is 5.98. The molecule has 0 atom stereocenters. The van der Waals surface area contributed by atoms with Gasteiger partial charge in [-0.25, -0.2) is 0 Å². The van der Waals surface area contributed by atoms with Crippen LogP contribution in [0.25, 0.3) is 11.3 Å². The van der Waals surface area contributed by atoms with E-state index in [4.69, 9.17) is 25.7 Å². The number of benzene rings is 3. The van der Waals surface area contributed by atoms with Gasteiger partial charge in [0, 0.05) is 27.4 Å². The van der Waals surface area contributed by atoms with Crippen LogP contribution in [0.3, 0.4) is 0 Å². The van der Waals surface area contributed by atoms with E-state index in [0.29, 0.717) is 33.4 Å². The average Bonchev–Trinajstić information content (AvgIpc) is 3.30. The van der Waals surface area contributed by atoms with Crippen molar-refractivity contribution in [1.29, 1.82) is 0 Å². The zero-order valence-corrected chi connectivity index (χ0v) is 23.1. The third-order valence-electron chi connectivity index (χ3n) is 6.75. The molecule has 1 N–H and O–H groups in total. The summed E-state index contributed by atoms with van der Waals surface area (Å²) < 4.78 is 11.2. The molecular weight excluding hydrogens is 512 g/mol. The fourth-order valence-corrected chi connectivity index (χ4v) is 4.98. The van der Waals surface area contributed by atoms with Gasteiger partial charge in [0.25, 0.3) is 5.91 Å². The first-order valence-corrected chi connectivity index (χ1v) is 13.1. The van der Waals surface area contributed by atoms with Crippen LogP contribution in [0.4, 0.5) is 5.69 Å². The Morgan fingerprint density at radius 3 is 2.56 bits per heavy atom. The first kappa shape index (κ1) is 26.4. The van der Waals surface area contributed by atoms with Crippen LogP contribution in [0.1, 0.15) is 57.9 Å². The van der Waals surface area contributed by atoms with Gasteiger partial charge in [0.2, 0.25) is 0 Å². The predicted molar refractivity (Wildman–Crippen MR) is 155 cm³/mol. The van der Waals surface area contributed by atoms with Crippen molar-refractivity contribution in [3.63, 3.8) is 0 Å². The normalized spacial score (nSPS) is 13.8. The Balaban J connectivity index is 1.34. The minimum atomic E-state index is -0.319. The van der Waals surface area contributed by atoms with Crippen molar-refractivity contribution >= 4 is 34.7 Å². The summed E-state index contributed by atoms with van der Waals surface area (Å²) in [7, 11) is 1.62. The van der Waals surface area contributed by atoms with Gasteiger partial charge in [0.05, 0.1) is 30.3 Å². The lowest BCUT2D eigenvalue weighted by Gasteiger charge is -2.29. The molecule has 1 amide bonds. The van der Waals surface area contributed by atoms with Crippen LogP contribution in [0.2, 0.25) is 5.02 Å². The van der Waals surface area contributed by atoms with Crippen LogP contribution in [0.5, 0.6) is 5.75 Å². The third kappa shape index (κ3) is 5.81. The number of halogens is 1. The lowest BCUT2D eigenvalue weighted by molar-refractivity contribution is 0.0996. The van der Waals surface area contributed by atoms with E-state index in [2.05, 4.69) is 19.2 Å². The largest absolute Gasteiger partial charge is 0.497 e. The fourth-order valence-electron chi connectivity index (χ4n) is 4.86. The number of ketones is 1. The summed E-state index contributed by atoms with van der Waals surface area (Å²) in [5.41, 5.74) is 4.78. The number of hydrogen-bond acceptors (Lipinski definition) is 5. The summed E-state index contributed by atoms with van der Waals surface area (Å²) in [6.07, 6.45) is 0.936. The first-order valence-electron chi connectivity index (χ1n) is 12.7. The van der Waals surface area contributed by atoms with Crippen LogP contribution < -0.4 is 10.1 Å². The molecule has 5 rings (SSSR count). The minimum Gasteiger partial charge on any atom is -0.497 e. The molecule has 1 aliphatic rings. The summed E-state index contributed by atoms with van der Waals surface area (Å²) in [4.78, 5) is 31.4. The first-order chi connectivity index (χ1) is 18.6. The van der Waals surface area contributed by atoms with Gasteiger partial charge in [-0.2, -0.15) is 0 Å². The molecule has 0 saturated heterocycles. The lowest BCUT2D eigenvalue weighted by Crippen LogP contribution is -2.30. The van der Waals surface area contributed by atoms with Crippen molar-refractivity contribution < 1.29 is 18.7 Å². The molecule has 0 unspecified atom stereocenters. The highest BCUT2D eigenvalue weighted by atomic mass is 35.5. The smallest absolute Gasteiger partial charge is 0.259 e. The Morgan fingerprint density at radius 2 is 1.82 bits per heavy atom. The molecule has 0 radical (unpaired) electrons. The number of nitrogens with zero attached hydrogens (tertiary/aromatic N) is 1. The topological polar surface area (TPSA) is 80.9 Å². The van der Waals surface area contributed by atoms with E-state index in [1.807, 2.05) is 30.3 Å². The number of carbonyl (C=O) groups excluding carboxylic acids is 2. The lowest BCUT2D eigenvalue weighted by atomic mass is 9.85. The van der Waals surface area contributed by atoms with Crippen LogP contribution >= 0.6 is 11.6 Å². The molecule has 0 fully saturated rings. The van der Waals surface area contributed by atoms with Crippen molar-refractivity contribution in [2.45, 2.75) is 39.2 Å². The van der Waals surface area contributed by atoms with E-state index in [9.17, 15) is 9.59 Å². The van der Waals surface area contributed by atoms with Crippen molar-refractivity contribution in [3.05, 3.63) is 106 Å². The van der Waals surface area contributed by atoms with Gasteiger partial charge in [-0.05, 0) is 87.4 Å².